The number of thiophene rings is 1. The predicted molar refractivity (Wildman–Crippen MR) is 138 cm³/mol. The first kappa shape index (κ1) is 23.9. The molecule has 4 aromatic rings. The number of carbonyl (C=O) groups is 2. The van der Waals surface area contributed by atoms with Gasteiger partial charge < -0.3 is 10.2 Å². The van der Waals surface area contributed by atoms with Crippen LogP contribution in [0.1, 0.15) is 40.0 Å². The molecule has 0 spiro atoms. The van der Waals surface area contributed by atoms with Gasteiger partial charge in [0.1, 0.15) is 0 Å². The smallest absolute Gasteiger partial charge is 0.254 e. The van der Waals surface area contributed by atoms with Crippen molar-refractivity contribution in [2.45, 2.75) is 33.7 Å². The molecule has 0 aliphatic rings. The molecule has 1 aromatic carbocycles. The van der Waals surface area contributed by atoms with E-state index in [-0.39, 0.29) is 24.4 Å². The van der Waals surface area contributed by atoms with Crippen LogP contribution in [0.5, 0.6) is 0 Å². The fourth-order valence-electron chi connectivity index (χ4n) is 3.84. The maximum atomic E-state index is 13.5. The van der Waals surface area contributed by atoms with Gasteiger partial charge in [0.05, 0.1) is 40.1 Å². The second-order valence-electron chi connectivity index (χ2n) is 8.49. The maximum absolute atomic E-state index is 13.5. The third-order valence-corrected chi connectivity index (χ3v) is 6.77. The largest absolute Gasteiger partial charge is 0.332 e. The van der Waals surface area contributed by atoms with Gasteiger partial charge in [0.2, 0.25) is 5.91 Å². The van der Waals surface area contributed by atoms with Gasteiger partial charge in [-0.25, -0.2) is 9.67 Å². The number of anilines is 1. The number of hydrogen-bond donors (Lipinski definition) is 1. The Kier molecular flexibility index (Phi) is 6.72. The lowest BCUT2D eigenvalue weighted by Crippen LogP contribution is -2.35. The van der Waals surface area contributed by atoms with E-state index in [0.29, 0.717) is 33.0 Å². The number of nitrogens with one attached hydrogen (secondary N) is 1. The van der Waals surface area contributed by atoms with E-state index in [1.165, 1.54) is 9.78 Å². The predicted octanol–water partition coefficient (Wildman–Crippen LogP) is 5.72. The number of halogens is 1. The van der Waals surface area contributed by atoms with Crippen molar-refractivity contribution in [2.24, 2.45) is 0 Å². The van der Waals surface area contributed by atoms with Gasteiger partial charge in [-0.3, -0.25) is 9.59 Å². The van der Waals surface area contributed by atoms with E-state index in [4.69, 9.17) is 16.6 Å². The first-order chi connectivity index (χ1) is 16.2. The number of carbonyl (C=O) groups excluding carboxylic acids is 2. The Labute approximate surface area is 207 Å². The molecule has 0 unspecified atom stereocenters. The van der Waals surface area contributed by atoms with Gasteiger partial charge in [-0.15, -0.1) is 11.3 Å². The van der Waals surface area contributed by atoms with Crippen LogP contribution in [0.25, 0.3) is 22.3 Å². The molecule has 3 aromatic heterocycles. The van der Waals surface area contributed by atoms with Crippen LogP contribution >= 0.6 is 22.9 Å². The number of hydrogen-bond acceptors (Lipinski definition) is 5. The molecule has 1 N–H and O–H groups in total. The molecule has 176 valence electrons. The van der Waals surface area contributed by atoms with Crippen molar-refractivity contribution in [3.05, 3.63) is 62.9 Å². The van der Waals surface area contributed by atoms with E-state index in [2.05, 4.69) is 23.4 Å². The van der Waals surface area contributed by atoms with Crippen molar-refractivity contribution in [1.82, 2.24) is 19.7 Å². The van der Waals surface area contributed by atoms with Crippen molar-refractivity contribution in [2.75, 3.05) is 18.9 Å². The van der Waals surface area contributed by atoms with Crippen molar-refractivity contribution in [3.8, 4) is 11.3 Å². The number of rotatable bonds is 6. The molecule has 0 aliphatic heterocycles. The average Bonchev–Trinajstić information content (AvgIpc) is 3.36. The van der Waals surface area contributed by atoms with Crippen LogP contribution < -0.4 is 5.32 Å². The molecule has 4 rings (SSSR count). The zero-order chi connectivity index (χ0) is 24.6. The van der Waals surface area contributed by atoms with Crippen molar-refractivity contribution < 1.29 is 9.59 Å². The molecule has 9 heteroatoms. The molecule has 2 amide bonds. The number of fused-ring (bicyclic) bond motifs is 1. The Morgan fingerprint density at radius 3 is 2.59 bits per heavy atom. The molecular formula is C25H26ClN5O2S. The normalized spacial score (nSPS) is 11.3. The zero-order valence-electron chi connectivity index (χ0n) is 19.7. The van der Waals surface area contributed by atoms with Crippen LogP contribution in [-0.2, 0) is 4.79 Å². The van der Waals surface area contributed by atoms with Gasteiger partial charge in [0, 0.05) is 28.4 Å². The molecule has 7 nitrogen and oxygen atoms in total. The molecule has 34 heavy (non-hydrogen) atoms. The topological polar surface area (TPSA) is 80.1 Å². The van der Waals surface area contributed by atoms with E-state index in [1.54, 1.807) is 54.9 Å². The molecule has 0 fully saturated rings. The quantitative estimate of drug-likeness (QED) is 0.371. The second-order valence-corrected chi connectivity index (χ2v) is 10.4. The van der Waals surface area contributed by atoms with Crippen LogP contribution in [-0.4, -0.2) is 45.1 Å². The highest BCUT2D eigenvalue weighted by Gasteiger charge is 2.23. The number of amides is 2. The average molecular weight is 496 g/mol. The van der Waals surface area contributed by atoms with E-state index in [0.717, 1.165) is 10.4 Å². The number of pyridine rings is 1. The summed E-state index contributed by atoms with van der Waals surface area (Å²) in [6.45, 7) is 8.01. The van der Waals surface area contributed by atoms with Crippen molar-refractivity contribution >= 4 is 51.5 Å². The standard InChI is InChI=1S/C25H26ClN5O2S/c1-14(2)31-24-19(12-27-31)18(11-22(29-24)17-10-15(3)34-16(17)4)25(33)30(5)13-23(32)28-21-9-7-6-8-20(21)26/h6-12,14H,13H2,1-5H3,(H,28,32). The summed E-state index contributed by atoms with van der Waals surface area (Å²) in [4.78, 5) is 34.7. The Bertz CT molecular complexity index is 1390. The van der Waals surface area contributed by atoms with Crippen LogP contribution in [0.15, 0.2) is 42.6 Å². The number of nitrogens with zero attached hydrogens (tertiary/aromatic N) is 4. The summed E-state index contributed by atoms with van der Waals surface area (Å²) in [6.07, 6.45) is 1.67. The van der Waals surface area contributed by atoms with E-state index in [9.17, 15) is 9.59 Å². The van der Waals surface area contributed by atoms with Gasteiger partial charge in [0.15, 0.2) is 5.65 Å². The van der Waals surface area contributed by atoms with E-state index >= 15 is 0 Å². The molecule has 0 atom stereocenters. The van der Waals surface area contributed by atoms with Gasteiger partial charge in [0.25, 0.3) is 5.91 Å². The summed E-state index contributed by atoms with van der Waals surface area (Å²) < 4.78 is 1.81. The summed E-state index contributed by atoms with van der Waals surface area (Å²) in [5.41, 5.74) is 3.32. The summed E-state index contributed by atoms with van der Waals surface area (Å²) >= 11 is 7.83. The summed E-state index contributed by atoms with van der Waals surface area (Å²) in [6, 6.07) is 10.9. The van der Waals surface area contributed by atoms with Crippen molar-refractivity contribution in [1.29, 1.82) is 0 Å². The number of aromatic nitrogens is 3. The summed E-state index contributed by atoms with van der Waals surface area (Å²) in [5.74, 6) is -0.618. The van der Waals surface area contributed by atoms with Crippen LogP contribution in [0.2, 0.25) is 5.02 Å². The van der Waals surface area contributed by atoms with Crippen LogP contribution in [0, 0.1) is 13.8 Å². The molecule has 0 radical (unpaired) electrons. The third-order valence-electron chi connectivity index (χ3n) is 5.48. The van der Waals surface area contributed by atoms with Gasteiger partial charge in [-0.2, -0.15) is 5.10 Å². The first-order valence-corrected chi connectivity index (χ1v) is 12.1. The number of para-hydroxylation sites is 1. The second kappa shape index (κ2) is 9.56. The lowest BCUT2D eigenvalue weighted by Gasteiger charge is -2.18. The molecule has 0 aliphatic carbocycles. The van der Waals surface area contributed by atoms with E-state index in [1.807, 2.05) is 25.5 Å². The Morgan fingerprint density at radius 1 is 1.21 bits per heavy atom. The molecule has 3 heterocycles. The number of likely N-dealkylation sites (N-methyl/N-ethyl adjacent to an activating group) is 1. The molecule has 0 saturated carbocycles. The van der Waals surface area contributed by atoms with Crippen LogP contribution in [0.4, 0.5) is 5.69 Å². The minimum Gasteiger partial charge on any atom is -0.332 e. The third kappa shape index (κ3) is 4.69. The van der Waals surface area contributed by atoms with Crippen LogP contribution in [0.3, 0.4) is 0 Å². The SMILES string of the molecule is Cc1cc(-c2cc(C(=O)N(C)CC(=O)Nc3ccccc3Cl)c3cnn(C(C)C)c3n2)c(C)s1. The fraction of sp³-hybridized carbons (Fsp3) is 0.280. The summed E-state index contributed by atoms with van der Waals surface area (Å²) in [5, 5.41) is 8.33. The minimum atomic E-state index is -0.336. The summed E-state index contributed by atoms with van der Waals surface area (Å²) in [7, 11) is 1.60. The Balaban J connectivity index is 1.69. The fourth-order valence-corrected chi connectivity index (χ4v) is 4.96. The van der Waals surface area contributed by atoms with Gasteiger partial charge >= 0.3 is 0 Å². The highest BCUT2D eigenvalue weighted by molar-refractivity contribution is 7.12. The first-order valence-electron chi connectivity index (χ1n) is 10.9. The number of benzene rings is 1. The highest BCUT2D eigenvalue weighted by atomic mass is 35.5. The van der Waals surface area contributed by atoms with Gasteiger partial charge in [-0.1, -0.05) is 23.7 Å². The lowest BCUT2D eigenvalue weighted by atomic mass is 10.1. The highest BCUT2D eigenvalue weighted by Crippen LogP contribution is 2.33. The Morgan fingerprint density at radius 2 is 1.94 bits per heavy atom. The molecule has 0 bridgehead atoms. The number of aryl methyl sites for hydroxylation is 2. The van der Waals surface area contributed by atoms with Gasteiger partial charge in [-0.05, 0) is 52.0 Å². The maximum Gasteiger partial charge on any atom is 0.254 e. The lowest BCUT2D eigenvalue weighted by molar-refractivity contribution is -0.116. The molecular weight excluding hydrogens is 470 g/mol. The zero-order valence-corrected chi connectivity index (χ0v) is 21.3. The molecule has 0 saturated heterocycles. The van der Waals surface area contributed by atoms with E-state index < -0.39 is 0 Å². The van der Waals surface area contributed by atoms with Crippen molar-refractivity contribution in [3.63, 3.8) is 0 Å². The monoisotopic (exact) mass is 495 g/mol. The Hall–Kier alpha value is -3.23. The minimum absolute atomic E-state index is 0.0765.